The van der Waals surface area contributed by atoms with Gasteiger partial charge in [-0.15, -0.1) is 0 Å². The number of benzene rings is 1. The van der Waals surface area contributed by atoms with Crippen molar-refractivity contribution in [3.8, 4) is 0 Å². The van der Waals surface area contributed by atoms with Crippen LogP contribution < -0.4 is 5.32 Å². The van der Waals surface area contributed by atoms with E-state index in [1.165, 1.54) is 0 Å². The molecule has 4 nitrogen and oxygen atoms in total. The zero-order chi connectivity index (χ0) is 13.2. The van der Waals surface area contributed by atoms with Crippen LogP contribution in [-0.4, -0.2) is 36.7 Å². The lowest BCUT2D eigenvalue weighted by Crippen LogP contribution is -2.52. The van der Waals surface area contributed by atoms with Gasteiger partial charge < -0.3 is 4.74 Å². The molecule has 0 spiro atoms. The van der Waals surface area contributed by atoms with Crippen molar-refractivity contribution < 1.29 is 9.53 Å². The number of carbonyl (C=O) groups is 1. The maximum absolute atomic E-state index is 12.0. The molecule has 1 aromatic rings. The predicted molar refractivity (Wildman–Crippen MR) is 74.2 cm³/mol. The summed E-state index contributed by atoms with van der Waals surface area (Å²) >= 11 is 0. The number of nitrogens with zero attached hydrogens (tertiary/aromatic N) is 1. The molecule has 0 saturated carbocycles. The van der Waals surface area contributed by atoms with Crippen molar-refractivity contribution in [2.75, 3.05) is 25.0 Å². The van der Waals surface area contributed by atoms with Gasteiger partial charge in [-0.05, 0) is 50.4 Å². The molecule has 3 saturated heterocycles. The van der Waals surface area contributed by atoms with E-state index in [0.29, 0.717) is 5.92 Å². The lowest BCUT2D eigenvalue weighted by atomic mass is 9.86. The van der Waals surface area contributed by atoms with E-state index in [0.717, 1.165) is 43.7 Å². The lowest BCUT2D eigenvalue weighted by molar-refractivity contribution is -0.0289. The van der Waals surface area contributed by atoms with Gasteiger partial charge in [-0.1, -0.05) is 18.2 Å². The normalized spacial score (nSPS) is 29.0. The van der Waals surface area contributed by atoms with Gasteiger partial charge in [-0.2, -0.15) is 0 Å². The number of hydrogen-bond donors (Lipinski definition) is 1. The number of amides is 1. The number of fused-ring (bicyclic) bond motifs is 3. The van der Waals surface area contributed by atoms with E-state index in [1.807, 2.05) is 31.2 Å². The van der Waals surface area contributed by atoms with Crippen LogP contribution in [0.5, 0.6) is 0 Å². The standard InChI is InChI=1S/C15H20N2O2/c1-11-4-2-3-5-13(11)16-15(18)19-14-10-17-8-6-12(14)7-9-17/h2-5,12,14H,6-10H2,1H3,(H,16,18). The van der Waals surface area contributed by atoms with Gasteiger partial charge in [0, 0.05) is 12.2 Å². The average molecular weight is 260 g/mol. The summed E-state index contributed by atoms with van der Waals surface area (Å²) in [6, 6.07) is 7.74. The van der Waals surface area contributed by atoms with E-state index >= 15 is 0 Å². The fraction of sp³-hybridized carbons (Fsp3) is 0.533. The monoisotopic (exact) mass is 260 g/mol. The number of aryl methyl sites for hydroxylation is 1. The SMILES string of the molecule is Cc1ccccc1NC(=O)OC1CN2CCC1CC2. The highest BCUT2D eigenvalue weighted by molar-refractivity contribution is 5.85. The lowest BCUT2D eigenvalue weighted by Gasteiger charge is -2.43. The van der Waals surface area contributed by atoms with Crippen molar-refractivity contribution in [3.05, 3.63) is 29.8 Å². The minimum absolute atomic E-state index is 0.0616. The van der Waals surface area contributed by atoms with Crippen LogP contribution in [0.1, 0.15) is 18.4 Å². The highest BCUT2D eigenvalue weighted by Crippen LogP contribution is 2.29. The van der Waals surface area contributed by atoms with Gasteiger partial charge in [0.25, 0.3) is 0 Å². The first-order valence-electron chi connectivity index (χ1n) is 6.98. The van der Waals surface area contributed by atoms with Gasteiger partial charge in [-0.3, -0.25) is 10.2 Å². The largest absolute Gasteiger partial charge is 0.444 e. The Morgan fingerprint density at radius 2 is 2.05 bits per heavy atom. The van der Waals surface area contributed by atoms with Gasteiger partial charge >= 0.3 is 6.09 Å². The Kier molecular flexibility index (Phi) is 3.42. The number of para-hydroxylation sites is 1. The second kappa shape index (κ2) is 5.21. The first kappa shape index (κ1) is 12.5. The fourth-order valence-corrected chi connectivity index (χ4v) is 3.03. The van der Waals surface area contributed by atoms with E-state index in [-0.39, 0.29) is 12.2 Å². The fourth-order valence-electron chi connectivity index (χ4n) is 3.03. The number of piperidine rings is 3. The second-order valence-electron chi connectivity index (χ2n) is 5.52. The molecule has 0 aliphatic carbocycles. The third-order valence-electron chi connectivity index (χ3n) is 4.24. The highest BCUT2D eigenvalue weighted by atomic mass is 16.6. The number of carbonyl (C=O) groups excluding carboxylic acids is 1. The van der Waals surface area contributed by atoms with Crippen molar-refractivity contribution in [1.82, 2.24) is 4.90 Å². The summed E-state index contributed by atoms with van der Waals surface area (Å²) in [6.45, 7) is 5.18. The third kappa shape index (κ3) is 2.73. The summed E-state index contributed by atoms with van der Waals surface area (Å²) < 4.78 is 5.59. The van der Waals surface area contributed by atoms with Crippen LogP contribution in [0, 0.1) is 12.8 Å². The molecule has 0 radical (unpaired) electrons. The molecule has 3 aliphatic rings. The molecule has 1 aromatic carbocycles. The maximum atomic E-state index is 12.0. The number of ether oxygens (including phenoxy) is 1. The van der Waals surface area contributed by atoms with Crippen LogP contribution in [-0.2, 0) is 4.74 Å². The van der Waals surface area contributed by atoms with Crippen molar-refractivity contribution in [2.24, 2.45) is 5.92 Å². The summed E-state index contributed by atoms with van der Waals surface area (Å²) in [5, 5.41) is 2.84. The summed E-state index contributed by atoms with van der Waals surface area (Å²) in [6.07, 6.45) is 2.05. The number of rotatable bonds is 2. The molecule has 3 fully saturated rings. The molecular formula is C15H20N2O2. The molecule has 3 heterocycles. The summed E-state index contributed by atoms with van der Waals surface area (Å²) in [5.74, 6) is 0.549. The Bertz CT molecular complexity index is 467. The van der Waals surface area contributed by atoms with E-state index in [1.54, 1.807) is 0 Å². The Labute approximate surface area is 113 Å². The smallest absolute Gasteiger partial charge is 0.411 e. The molecular weight excluding hydrogens is 240 g/mol. The van der Waals surface area contributed by atoms with Gasteiger partial charge in [0.15, 0.2) is 0 Å². The van der Waals surface area contributed by atoms with E-state index in [2.05, 4.69) is 10.2 Å². The summed E-state index contributed by atoms with van der Waals surface area (Å²) in [7, 11) is 0. The van der Waals surface area contributed by atoms with Crippen LogP contribution in [0.4, 0.5) is 10.5 Å². The minimum atomic E-state index is -0.326. The Hall–Kier alpha value is -1.55. The number of nitrogens with one attached hydrogen (secondary N) is 1. The van der Waals surface area contributed by atoms with Crippen LogP contribution in [0.2, 0.25) is 0 Å². The van der Waals surface area contributed by atoms with Crippen LogP contribution in [0.25, 0.3) is 0 Å². The number of hydrogen-bond acceptors (Lipinski definition) is 3. The zero-order valence-electron chi connectivity index (χ0n) is 11.3. The quantitative estimate of drug-likeness (QED) is 0.888. The molecule has 4 heteroatoms. The van der Waals surface area contributed by atoms with Crippen LogP contribution >= 0.6 is 0 Å². The topological polar surface area (TPSA) is 41.6 Å². The van der Waals surface area contributed by atoms with Crippen molar-refractivity contribution in [2.45, 2.75) is 25.9 Å². The molecule has 1 N–H and O–H groups in total. The van der Waals surface area contributed by atoms with Gasteiger partial charge in [-0.25, -0.2) is 4.79 Å². The minimum Gasteiger partial charge on any atom is -0.444 e. The Balaban J connectivity index is 1.58. The van der Waals surface area contributed by atoms with E-state index < -0.39 is 0 Å². The van der Waals surface area contributed by atoms with Crippen LogP contribution in [0.15, 0.2) is 24.3 Å². The van der Waals surface area contributed by atoms with Gasteiger partial charge in [0.2, 0.25) is 0 Å². The van der Waals surface area contributed by atoms with Gasteiger partial charge in [0.1, 0.15) is 6.10 Å². The van der Waals surface area contributed by atoms with Crippen molar-refractivity contribution in [3.63, 3.8) is 0 Å². The molecule has 2 bridgehead atoms. The third-order valence-corrected chi connectivity index (χ3v) is 4.24. The molecule has 19 heavy (non-hydrogen) atoms. The second-order valence-corrected chi connectivity index (χ2v) is 5.52. The van der Waals surface area contributed by atoms with Crippen LogP contribution in [0.3, 0.4) is 0 Å². The zero-order valence-corrected chi connectivity index (χ0v) is 11.3. The molecule has 4 rings (SSSR count). The number of anilines is 1. The Morgan fingerprint density at radius 3 is 2.68 bits per heavy atom. The predicted octanol–water partition coefficient (Wildman–Crippen LogP) is 2.64. The van der Waals surface area contributed by atoms with E-state index in [4.69, 9.17) is 4.74 Å². The molecule has 1 atom stereocenters. The van der Waals surface area contributed by atoms with Crippen molar-refractivity contribution in [1.29, 1.82) is 0 Å². The van der Waals surface area contributed by atoms with E-state index in [9.17, 15) is 4.79 Å². The average Bonchev–Trinajstić information content (AvgIpc) is 2.43. The molecule has 0 aromatic heterocycles. The molecule has 1 unspecified atom stereocenters. The van der Waals surface area contributed by atoms with Gasteiger partial charge in [0.05, 0.1) is 0 Å². The first-order valence-corrected chi connectivity index (χ1v) is 6.98. The molecule has 3 aliphatic heterocycles. The van der Waals surface area contributed by atoms with Crippen molar-refractivity contribution >= 4 is 11.8 Å². The highest BCUT2D eigenvalue weighted by Gasteiger charge is 2.36. The molecule has 1 amide bonds. The summed E-state index contributed by atoms with van der Waals surface area (Å²) in [4.78, 5) is 14.3. The first-order chi connectivity index (χ1) is 9.22. The summed E-state index contributed by atoms with van der Waals surface area (Å²) in [5.41, 5.74) is 1.88. The Morgan fingerprint density at radius 1 is 1.32 bits per heavy atom. The molecule has 102 valence electrons. The maximum Gasteiger partial charge on any atom is 0.411 e.